The Morgan fingerprint density at radius 1 is 1.19 bits per heavy atom. The second-order valence-corrected chi connectivity index (χ2v) is 6.93. The Labute approximate surface area is 143 Å². The monoisotopic (exact) mass is 402 g/mol. The molecule has 1 aliphatic rings. The maximum absolute atomic E-state index is 14.5. The van der Waals surface area contributed by atoms with E-state index in [9.17, 15) is 45.0 Å². The molecule has 0 aliphatic carbocycles. The molecule has 1 aliphatic heterocycles. The van der Waals surface area contributed by atoms with Gasteiger partial charge >= 0.3 is 30.0 Å². The number of hydrogen-bond donors (Lipinski definition) is 1. The molecule has 12 heteroatoms. The Bertz CT molecular complexity index is 556. The topological polar surface area (TPSA) is 55.8 Å². The number of halogens is 8. The van der Waals surface area contributed by atoms with Crippen molar-refractivity contribution in [1.29, 1.82) is 0 Å². The summed E-state index contributed by atoms with van der Waals surface area (Å²) in [6.45, 7) is 4.08. The quantitative estimate of drug-likeness (QED) is 0.574. The highest BCUT2D eigenvalue weighted by Crippen LogP contribution is 2.57. The van der Waals surface area contributed by atoms with E-state index in [0.29, 0.717) is 0 Å². The van der Waals surface area contributed by atoms with E-state index in [1.807, 2.05) is 0 Å². The first-order valence-corrected chi connectivity index (χ1v) is 7.40. The smallest absolute Gasteiger partial charge is 0.449 e. The summed E-state index contributed by atoms with van der Waals surface area (Å²) in [6.07, 6.45) is -17.1. The number of hydrogen-bond acceptors (Lipinski definition) is 4. The molecule has 26 heavy (non-hydrogen) atoms. The first-order valence-electron chi connectivity index (χ1n) is 7.40. The Balaban J connectivity index is 3.49. The predicted octanol–water partition coefficient (Wildman–Crippen LogP) is 3.96. The molecule has 0 radical (unpaired) electrons. The van der Waals surface area contributed by atoms with Gasteiger partial charge < -0.3 is 14.6 Å². The van der Waals surface area contributed by atoms with Crippen LogP contribution < -0.4 is 0 Å². The van der Waals surface area contributed by atoms with E-state index >= 15 is 0 Å². The van der Waals surface area contributed by atoms with Crippen LogP contribution in [0.1, 0.15) is 40.5 Å². The van der Waals surface area contributed by atoms with Gasteiger partial charge in [-0.25, -0.2) is 0 Å². The lowest BCUT2D eigenvalue weighted by molar-refractivity contribution is -0.495. The molecule has 1 saturated heterocycles. The zero-order valence-electron chi connectivity index (χ0n) is 14.2. The molecule has 1 fully saturated rings. The summed E-state index contributed by atoms with van der Waals surface area (Å²) < 4.78 is 115. The lowest BCUT2D eigenvalue weighted by Gasteiger charge is -2.52. The summed E-state index contributed by atoms with van der Waals surface area (Å²) in [5, 5.41) is 9.39. The molecule has 3 atom stereocenters. The number of alkyl halides is 8. The molecule has 1 rings (SSSR count). The Hall–Kier alpha value is -1.17. The fraction of sp³-hybridized carbons (Fsp3) is 0.929. The molecule has 0 saturated carbocycles. The van der Waals surface area contributed by atoms with Gasteiger partial charge in [-0.2, -0.15) is 35.1 Å². The van der Waals surface area contributed by atoms with Gasteiger partial charge in [0.2, 0.25) is 0 Å². The van der Waals surface area contributed by atoms with Crippen LogP contribution in [0.2, 0.25) is 0 Å². The summed E-state index contributed by atoms with van der Waals surface area (Å²) in [4.78, 5) is 12.0. The fourth-order valence-corrected chi connectivity index (χ4v) is 2.18. The van der Waals surface area contributed by atoms with Gasteiger partial charge in [0, 0.05) is 6.42 Å². The summed E-state index contributed by atoms with van der Waals surface area (Å²) in [7, 11) is 0. The van der Waals surface area contributed by atoms with E-state index < -0.39 is 53.6 Å². The van der Waals surface area contributed by atoms with E-state index in [-0.39, 0.29) is 13.3 Å². The van der Waals surface area contributed by atoms with Gasteiger partial charge in [-0.05, 0) is 27.2 Å². The maximum Gasteiger partial charge on any atom is 0.449 e. The minimum atomic E-state index is -6.30. The van der Waals surface area contributed by atoms with Crippen molar-refractivity contribution < 1.29 is 54.5 Å². The summed E-state index contributed by atoms with van der Waals surface area (Å²) >= 11 is 0. The summed E-state index contributed by atoms with van der Waals surface area (Å²) in [5.74, 6) is -12.3. The number of esters is 1. The van der Waals surface area contributed by atoms with Crippen LogP contribution in [-0.2, 0) is 14.3 Å². The zero-order chi connectivity index (χ0) is 21.0. The van der Waals surface area contributed by atoms with Crippen molar-refractivity contribution in [2.45, 2.75) is 76.3 Å². The van der Waals surface area contributed by atoms with Crippen LogP contribution >= 0.6 is 0 Å². The lowest BCUT2D eigenvalue weighted by atomic mass is 9.81. The normalized spacial score (nSPS) is 33.0. The Kier molecular flexibility index (Phi) is 5.44. The first-order chi connectivity index (χ1) is 11.3. The molecule has 0 bridgehead atoms. The number of rotatable bonds is 3. The molecule has 154 valence electrons. The van der Waals surface area contributed by atoms with Crippen LogP contribution in [0.4, 0.5) is 35.1 Å². The minimum absolute atomic E-state index is 0.0101. The van der Waals surface area contributed by atoms with E-state index in [2.05, 4.69) is 9.47 Å². The van der Waals surface area contributed by atoms with E-state index in [0.717, 1.165) is 0 Å². The van der Waals surface area contributed by atoms with Crippen molar-refractivity contribution in [3.8, 4) is 0 Å². The predicted molar refractivity (Wildman–Crippen MR) is 70.1 cm³/mol. The van der Waals surface area contributed by atoms with Crippen molar-refractivity contribution in [3.63, 3.8) is 0 Å². The average molecular weight is 402 g/mol. The van der Waals surface area contributed by atoms with Gasteiger partial charge in [-0.1, -0.05) is 6.92 Å². The van der Waals surface area contributed by atoms with Crippen molar-refractivity contribution in [1.82, 2.24) is 0 Å². The number of ether oxygens (including phenoxy) is 2. The number of carbonyl (C=O) groups is 1. The molecule has 0 aromatic rings. The van der Waals surface area contributed by atoms with E-state index in [4.69, 9.17) is 0 Å². The van der Waals surface area contributed by atoms with Gasteiger partial charge in [0.25, 0.3) is 0 Å². The third-order valence-corrected chi connectivity index (χ3v) is 4.48. The second-order valence-electron chi connectivity index (χ2n) is 6.93. The van der Waals surface area contributed by atoms with Crippen LogP contribution in [0.15, 0.2) is 0 Å². The van der Waals surface area contributed by atoms with Crippen LogP contribution in [0.5, 0.6) is 0 Å². The largest absolute Gasteiger partial charge is 0.452 e. The molecule has 1 heterocycles. The van der Waals surface area contributed by atoms with Crippen LogP contribution in [0.25, 0.3) is 0 Å². The lowest BCUT2D eigenvalue weighted by Crippen LogP contribution is -2.75. The molecule has 0 amide bonds. The first kappa shape index (κ1) is 22.9. The highest BCUT2D eigenvalue weighted by atomic mass is 19.4. The van der Waals surface area contributed by atoms with Crippen LogP contribution in [0.3, 0.4) is 0 Å². The van der Waals surface area contributed by atoms with Gasteiger partial charge in [0.15, 0.2) is 11.7 Å². The molecular weight excluding hydrogens is 384 g/mol. The van der Waals surface area contributed by atoms with Gasteiger partial charge in [-0.3, -0.25) is 4.79 Å². The van der Waals surface area contributed by atoms with Crippen LogP contribution in [0, 0.1) is 5.41 Å². The second kappa shape index (κ2) is 6.18. The third-order valence-electron chi connectivity index (χ3n) is 4.48. The molecule has 4 nitrogen and oxygen atoms in total. The van der Waals surface area contributed by atoms with Gasteiger partial charge in [0.1, 0.15) is 0 Å². The average Bonchev–Trinajstić information content (AvgIpc) is 2.42. The Morgan fingerprint density at radius 2 is 1.65 bits per heavy atom. The molecule has 3 unspecified atom stereocenters. The van der Waals surface area contributed by atoms with Gasteiger partial charge in [-0.15, -0.1) is 0 Å². The molecular formula is C14H18F8O4. The molecule has 1 N–H and O–H groups in total. The zero-order valence-corrected chi connectivity index (χ0v) is 14.2. The summed E-state index contributed by atoms with van der Waals surface area (Å²) in [6, 6.07) is 0. The highest BCUT2D eigenvalue weighted by Gasteiger charge is 2.82. The minimum Gasteiger partial charge on any atom is -0.452 e. The highest BCUT2D eigenvalue weighted by molar-refractivity contribution is 5.76. The van der Waals surface area contributed by atoms with Crippen molar-refractivity contribution >= 4 is 5.97 Å². The van der Waals surface area contributed by atoms with Crippen molar-refractivity contribution in [3.05, 3.63) is 0 Å². The maximum atomic E-state index is 14.5. The molecule has 0 aromatic carbocycles. The standard InChI is InChI=1S/C14H18F8O4/c1-5-9(2,3)8(23)26-10(4)6-7(11(15,16)17)25-13(24,12(10,18)19)14(20,21)22/h7,24H,5-6H2,1-4H3. The van der Waals surface area contributed by atoms with Gasteiger partial charge in [0.05, 0.1) is 5.41 Å². The van der Waals surface area contributed by atoms with E-state index in [1.54, 1.807) is 0 Å². The molecule has 0 spiro atoms. The fourth-order valence-electron chi connectivity index (χ4n) is 2.18. The SMILES string of the molecule is CCC(C)(C)C(=O)OC1(C)CC(C(F)(F)F)OC(O)(C(F)(F)F)C1(F)F. The Morgan fingerprint density at radius 3 is 2.00 bits per heavy atom. The third kappa shape index (κ3) is 3.49. The van der Waals surface area contributed by atoms with Crippen molar-refractivity contribution in [2.24, 2.45) is 5.41 Å². The van der Waals surface area contributed by atoms with Crippen LogP contribution in [-0.4, -0.2) is 46.8 Å². The van der Waals surface area contributed by atoms with Crippen molar-refractivity contribution in [2.75, 3.05) is 0 Å². The number of carbonyl (C=O) groups excluding carboxylic acids is 1. The number of aliphatic hydroxyl groups is 1. The summed E-state index contributed by atoms with van der Waals surface area (Å²) in [5.41, 5.74) is -5.08. The molecule has 0 aromatic heterocycles. The van der Waals surface area contributed by atoms with E-state index in [1.165, 1.54) is 20.8 Å².